The molecule has 1 aliphatic rings. The predicted molar refractivity (Wildman–Crippen MR) is 74.2 cm³/mol. The summed E-state index contributed by atoms with van der Waals surface area (Å²) in [7, 11) is 0. The summed E-state index contributed by atoms with van der Waals surface area (Å²) in [4.78, 5) is 44.6. The molecule has 0 aromatic rings. The first-order valence-electron chi connectivity index (χ1n) is 7.10. The Morgan fingerprint density at radius 1 is 0.833 bits per heavy atom. The number of hydrogen-bond acceptors (Lipinski definition) is 10. The highest BCUT2D eigenvalue weighted by Crippen LogP contribution is 2.27. The van der Waals surface area contributed by atoms with Crippen LogP contribution < -0.4 is 0 Å². The third kappa shape index (κ3) is 5.78. The van der Waals surface area contributed by atoms with Crippen molar-refractivity contribution in [2.24, 2.45) is 0 Å². The van der Waals surface area contributed by atoms with E-state index in [2.05, 4.69) is 0 Å². The van der Waals surface area contributed by atoms with Gasteiger partial charge in [-0.1, -0.05) is 0 Å². The lowest BCUT2D eigenvalue weighted by atomic mass is 9.98. The maximum atomic E-state index is 11.2. The van der Waals surface area contributed by atoms with E-state index in [1.807, 2.05) is 0 Å². The Bertz CT molecular complexity index is 500. The smallest absolute Gasteiger partial charge is 0.305 e. The van der Waals surface area contributed by atoms with Crippen LogP contribution in [0.2, 0.25) is 0 Å². The summed E-state index contributed by atoms with van der Waals surface area (Å²) in [6.07, 6.45) is -6.84. The SMILES string of the molecule is CC(=O)OC[C@H]1O[C@@H](OC(C)=O)[C@H](OC(C)=O)[C@@H](O)[C@H]1OC(C)=O. The lowest BCUT2D eigenvalue weighted by Crippen LogP contribution is -2.62. The summed E-state index contributed by atoms with van der Waals surface area (Å²) in [5.41, 5.74) is 0. The molecule has 1 fully saturated rings. The Hall–Kier alpha value is -2.20. The first kappa shape index (κ1) is 19.8. The van der Waals surface area contributed by atoms with Crippen molar-refractivity contribution in [1.29, 1.82) is 0 Å². The van der Waals surface area contributed by atoms with Gasteiger partial charge in [0.15, 0.2) is 12.2 Å². The fraction of sp³-hybridized carbons (Fsp3) is 0.714. The van der Waals surface area contributed by atoms with Gasteiger partial charge in [0.1, 0.15) is 18.8 Å². The summed E-state index contributed by atoms with van der Waals surface area (Å²) >= 11 is 0. The van der Waals surface area contributed by atoms with E-state index in [-0.39, 0.29) is 6.61 Å². The van der Waals surface area contributed by atoms with Crippen molar-refractivity contribution in [3.05, 3.63) is 0 Å². The van der Waals surface area contributed by atoms with Crippen molar-refractivity contribution < 1.29 is 48.0 Å². The molecule has 0 aliphatic carbocycles. The minimum absolute atomic E-state index is 0.366. The summed E-state index contributed by atoms with van der Waals surface area (Å²) in [5, 5.41) is 10.4. The van der Waals surface area contributed by atoms with Crippen molar-refractivity contribution in [2.75, 3.05) is 6.61 Å². The molecule has 1 N–H and O–H groups in total. The zero-order valence-corrected chi connectivity index (χ0v) is 13.7. The third-order valence-electron chi connectivity index (χ3n) is 2.95. The van der Waals surface area contributed by atoms with Crippen molar-refractivity contribution >= 4 is 23.9 Å². The lowest BCUT2D eigenvalue weighted by molar-refractivity contribution is -0.298. The largest absolute Gasteiger partial charge is 0.463 e. The second kappa shape index (κ2) is 8.60. The quantitative estimate of drug-likeness (QED) is 0.490. The Kier molecular flexibility index (Phi) is 7.11. The molecule has 0 bridgehead atoms. The van der Waals surface area contributed by atoms with E-state index in [0.717, 1.165) is 27.7 Å². The molecule has 1 heterocycles. The van der Waals surface area contributed by atoms with Gasteiger partial charge >= 0.3 is 23.9 Å². The Balaban J connectivity index is 3.04. The molecule has 0 radical (unpaired) electrons. The van der Waals surface area contributed by atoms with E-state index >= 15 is 0 Å². The van der Waals surface area contributed by atoms with E-state index in [1.165, 1.54) is 0 Å². The van der Waals surface area contributed by atoms with Crippen LogP contribution in [0.4, 0.5) is 0 Å². The molecule has 136 valence electrons. The molecule has 0 spiro atoms. The number of carbonyl (C=O) groups is 4. The molecular weight excluding hydrogens is 328 g/mol. The van der Waals surface area contributed by atoms with Gasteiger partial charge < -0.3 is 28.8 Å². The monoisotopic (exact) mass is 348 g/mol. The topological polar surface area (TPSA) is 135 Å². The van der Waals surface area contributed by atoms with Crippen LogP contribution in [0.1, 0.15) is 27.7 Å². The third-order valence-corrected chi connectivity index (χ3v) is 2.95. The molecule has 0 aromatic carbocycles. The van der Waals surface area contributed by atoms with Crippen LogP contribution in [0, 0.1) is 0 Å². The number of ether oxygens (including phenoxy) is 5. The van der Waals surface area contributed by atoms with E-state index < -0.39 is 54.6 Å². The number of hydrogen-bond donors (Lipinski definition) is 1. The second-order valence-corrected chi connectivity index (χ2v) is 5.09. The standard InChI is InChI=1S/C14H20O10/c1-6(15)20-5-10-12(21-7(2)16)11(19)13(22-8(3)17)14(24-10)23-9(4)18/h10-14,19H,5H2,1-4H3/t10-,11+,12+,13-,14-/m1/s1. The van der Waals surface area contributed by atoms with Crippen molar-refractivity contribution in [3.8, 4) is 0 Å². The fourth-order valence-corrected chi connectivity index (χ4v) is 2.14. The molecule has 0 aromatic heterocycles. The molecule has 1 saturated heterocycles. The molecule has 10 nitrogen and oxygen atoms in total. The van der Waals surface area contributed by atoms with Crippen molar-refractivity contribution in [3.63, 3.8) is 0 Å². The van der Waals surface area contributed by atoms with Gasteiger partial charge in [0.25, 0.3) is 0 Å². The minimum atomic E-state index is -1.56. The molecule has 0 saturated carbocycles. The van der Waals surface area contributed by atoms with Gasteiger partial charge in [-0.3, -0.25) is 19.2 Å². The number of carbonyl (C=O) groups excluding carboxylic acids is 4. The van der Waals surface area contributed by atoms with E-state index in [9.17, 15) is 24.3 Å². The van der Waals surface area contributed by atoms with Gasteiger partial charge in [-0.25, -0.2) is 0 Å². The van der Waals surface area contributed by atoms with Gasteiger partial charge in [-0.2, -0.15) is 0 Å². The van der Waals surface area contributed by atoms with Crippen LogP contribution in [0.25, 0.3) is 0 Å². The van der Waals surface area contributed by atoms with Crippen LogP contribution in [0.3, 0.4) is 0 Å². The first-order chi connectivity index (χ1) is 11.1. The molecule has 24 heavy (non-hydrogen) atoms. The van der Waals surface area contributed by atoms with Crippen LogP contribution in [0.5, 0.6) is 0 Å². The maximum Gasteiger partial charge on any atom is 0.305 e. The van der Waals surface area contributed by atoms with Gasteiger partial charge in [-0.05, 0) is 0 Å². The summed E-state index contributed by atoms with van der Waals surface area (Å²) in [5.74, 6) is -2.87. The Labute approximate surface area is 137 Å². The van der Waals surface area contributed by atoms with Crippen LogP contribution in [0.15, 0.2) is 0 Å². The molecule has 1 aliphatic heterocycles. The molecule has 0 unspecified atom stereocenters. The predicted octanol–water partition coefficient (Wildman–Crippen LogP) is -0.938. The van der Waals surface area contributed by atoms with E-state index in [1.54, 1.807) is 0 Å². The highest BCUT2D eigenvalue weighted by atomic mass is 16.7. The van der Waals surface area contributed by atoms with Gasteiger partial charge in [-0.15, -0.1) is 0 Å². The molecule has 5 atom stereocenters. The molecule has 0 amide bonds. The lowest BCUT2D eigenvalue weighted by Gasteiger charge is -2.42. The first-order valence-corrected chi connectivity index (χ1v) is 7.10. The second-order valence-electron chi connectivity index (χ2n) is 5.09. The van der Waals surface area contributed by atoms with Crippen LogP contribution in [-0.2, 0) is 42.9 Å². The van der Waals surface area contributed by atoms with Gasteiger partial charge in [0.05, 0.1) is 0 Å². The summed E-state index contributed by atoms with van der Waals surface area (Å²) < 4.78 is 25.0. The Morgan fingerprint density at radius 2 is 1.33 bits per heavy atom. The van der Waals surface area contributed by atoms with Crippen molar-refractivity contribution in [2.45, 2.75) is 58.4 Å². The number of aliphatic hydroxyl groups excluding tert-OH is 1. The van der Waals surface area contributed by atoms with Crippen LogP contribution >= 0.6 is 0 Å². The molecular formula is C14H20O10. The van der Waals surface area contributed by atoms with Crippen LogP contribution in [-0.4, -0.2) is 66.3 Å². The summed E-state index contributed by atoms with van der Waals surface area (Å²) in [6.45, 7) is 4.08. The minimum Gasteiger partial charge on any atom is -0.463 e. The highest BCUT2D eigenvalue weighted by molar-refractivity contribution is 5.68. The van der Waals surface area contributed by atoms with Crippen molar-refractivity contribution in [1.82, 2.24) is 0 Å². The molecule has 1 rings (SSSR count). The fourth-order valence-electron chi connectivity index (χ4n) is 2.14. The molecule has 10 heteroatoms. The zero-order chi connectivity index (χ0) is 18.4. The number of rotatable bonds is 5. The highest BCUT2D eigenvalue weighted by Gasteiger charge is 2.50. The zero-order valence-electron chi connectivity index (χ0n) is 13.7. The normalized spacial score (nSPS) is 29.3. The average molecular weight is 348 g/mol. The summed E-state index contributed by atoms with van der Waals surface area (Å²) in [6, 6.07) is 0. The number of aliphatic hydroxyl groups is 1. The van der Waals surface area contributed by atoms with Gasteiger partial charge in [0.2, 0.25) is 6.29 Å². The van der Waals surface area contributed by atoms with E-state index in [0.29, 0.717) is 0 Å². The van der Waals surface area contributed by atoms with Gasteiger partial charge in [0, 0.05) is 27.7 Å². The number of esters is 4. The maximum absolute atomic E-state index is 11.2. The van der Waals surface area contributed by atoms with E-state index in [4.69, 9.17) is 23.7 Å². The average Bonchev–Trinajstić information content (AvgIpc) is 2.42. The Morgan fingerprint density at radius 3 is 1.79 bits per heavy atom.